The maximum absolute atomic E-state index is 13.3. The summed E-state index contributed by atoms with van der Waals surface area (Å²) in [6.07, 6.45) is -1.38. The summed E-state index contributed by atoms with van der Waals surface area (Å²) in [5, 5.41) is 0. The van der Waals surface area contributed by atoms with Crippen molar-refractivity contribution in [2.75, 3.05) is 0 Å². The van der Waals surface area contributed by atoms with Crippen molar-refractivity contribution in [3.63, 3.8) is 0 Å². The molecule has 138 valence electrons. The average molecular weight is 364 g/mol. The topological polar surface area (TPSA) is 35.5 Å². The Morgan fingerprint density at radius 1 is 1.04 bits per heavy atom. The van der Waals surface area contributed by atoms with Crippen LogP contribution in [0.2, 0.25) is 0 Å². The highest BCUT2D eigenvalue weighted by molar-refractivity contribution is 5.91. The molecule has 0 N–H and O–H groups in total. The molecule has 0 aromatic heterocycles. The monoisotopic (exact) mass is 364 g/mol. The molecule has 0 spiro atoms. The highest BCUT2D eigenvalue weighted by atomic mass is 19.4. The first-order chi connectivity index (χ1) is 12.3. The fourth-order valence-corrected chi connectivity index (χ4v) is 3.11. The van der Waals surface area contributed by atoms with Gasteiger partial charge in [-0.1, -0.05) is 18.2 Å². The Morgan fingerprint density at radius 3 is 2.31 bits per heavy atom. The van der Waals surface area contributed by atoms with Gasteiger partial charge < -0.3 is 9.47 Å². The van der Waals surface area contributed by atoms with Gasteiger partial charge in [0.25, 0.3) is 0 Å². The smallest absolute Gasteiger partial charge is 0.419 e. The number of para-hydroxylation sites is 1. The molecule has 1 aliphatic rings. The molecule has 2 aromatic carbocycles. The van der Waals surface area contributed by atoms with Crippen LogP contribution in [0.15, 0.2) is 48.5 Å². The molecule has 0 heterocycles. The van der Waals surface area contributed by atoms with Crippen LogP contribution in [0.5, 0.6) is 11.5 Å². The van der Waals surface area contributed by atoms with Crippen LogP contribution >= 0.6 is 0 Å². The van der Waals surface area contributed by atoms with Crippen LogP contribution in [-0.4, -0.2) is 11.6 Å². The molecule has 3 nitrogen and oxygen atoms in total. The van der Waals surface area contributed by atoms with E-state index in [4.69, 9.17) is 9.47 Å². The van der Waals surface area contributed by atoms with E-state index >= 15 is 0 Å². The number of carbonyl (C=O) groups excluding carboxylic acids is 1. The minimum absolute atomic E-state index is 0.0125. The molecule has 3 rings (SSSR count). The Balaban J connectivity index is 1.90. The van der Waals surface area contributed by atoms with E-state index in [1.54, 1.807) is 37.3 Å². The Kier molecular flexibility index (Phi) is 4.94. The zero-order valence-electron chi connectivity index (χ0n) is 14.3. The van der Waals surface area contributed by atoms with E-state index in [0.29, 0.717) is 18.6 Å². The van der Waals surface area contributed by atoms with Gasteiger partial charge in [-0.3, -0.25) is 0 Å². The van der Waals surface area contributed by atoms with Crippen molar-refractivity contribution < 1.29 is 27.4 Å². The van der Waals surface area contributed by atoms with Gasteiger partial charge in [-0.2, -0.15) is 13.2 Å². The third-order valence-electron chi connectivity index (χ3n) is 4.49. The number of hydrogen-bond donors (Lipinski definition) is 0. The largest absolute Gasteiger partial charge is 0.487 e. The average Bonchev–Trinajstić information content (AvgIpc) is 3.01. The maximum atomic E-state index is 13.3. The third-order valence-corrected chi connectivity index (χ3v) is 4.49. The number of benzene rings is 2. The molecule has 0 amide bonds. The summed E-state index contributed by atoms with van der Waals surface area (Å²) < 4.78 is 50.9. The second kappa shape index (κ2) is 7.02. The van der Waals surface area contributed by atoms with Crippen LogP contribution in [0.25, 0.3) is 0 Å². The quantitative estimate of drug-likeness (QED) is 0.520. The number of esters is 1. The van der Waals surface area contributed by atoms with Crippen molar-refractivity contribution >= 4 is 5.97 Å². The van der Waals surface area contributed by atoms with Crippen molar-refractivity contribution in [3.05, 3.63) is 59.7 Å². The molecule has 0 radical (unpaired) electrons. The molecular formula is C20H19F3O3. The van der Waals surface area contributed by atoms with Gasteiger partial charge in [-0.15, -0.1) is 0 Å². The zero-order valence-corrected chi connectivity index (χ0v) is 14.3. The molecule has 1 saturated carbocycles. The number of ether oxygens (including phenoxy) is 2. The highest BCUT2D eigenvalue weighted by Gasteiger charge is 2.38. The first kappa shape index (κ1) is 18.3. The van der Waals surface area contributed by atoms with Gasteiger partial charge in [-0.05, 0) is 62.9 Å². The van der Waals surface area contributed by atoms with Gasteiger partial charge in [0, 0.05) is 0 Å². The van der Waals surface area contributed by atoms with Gasteiger partial charge in [0.05, 0.1) is 11.1 Å². The van der Waals surface area contributed by atoms with Gasteiger partial charge in [0.15, 0.2) is 0 Å². The van der Waals surface area contributed by atoms with Crippen molar-refractivity contribution in [3.8, 4) is 11.5 Å². The number of rotatable bonds is 4. The van der Waals surface area contributed by atoms with Gasteiger partial charge in [0.2, 0.25) is 0 Å². The fourth-order valence-electron chi connectivity index (χ4n) is 3.11. The Labute approximate surface area is 149 Å². The lowest BCUT2D eigenvalue weighted by molar-refractivity contribution is -0.139. The first-order valence-corrected chi connectivity index (χ1v) is 8.44. The van der Waals surface area contributed by atoms with E-state index < -0.39 is 23.3 Å². The SMILES string of the molecule is CC1(Oc2cc(C(=O)Oc3ccccc3)ccc2C(F)(F)F)CCCC1. The summed E-state index contributed by atoms with van der Waals surface area (Å²) in [6, 6.07) is 11.5. The van der Waals surface area contributed by atoms with Gasteiger partial charge in [0.1, 0.15) is 17.1 Å². The van der Waals surface area contributed by atoms with Crippen LogP contribution < -0.4 is 9.47 Å². The molecule has 0 unspecified atom stereocenters. The first-order valence-electron chi connectivity index (χ1n) is 8.44. The molecule has 1 fully saturated rings. The van der Waals surface area contributed by atoms with Gasteiger partial charge in [-0.25, -0.2) is 4.79 Å². The van der Waals surface area contributed by atoms with Crippen LogP contribution in [0.1, 0.15) is 48.5 Å². The normalized spacial score (nSPS) is 16.3. The van der Waals surface area contributed by atoms with Crippen molar-refractivity contribution in [2.45, 2.75) is 44.4 Å². The number of hydrogen-bond acceptors (Lipinski definition) is 3. The van der Waals surface area contributed by atoms with Crippen LogP contribution in [0, 0.1) is 0 Å². The lowest BCUT2D eigenvalue weighted by Crippen LogP contribution is -2.29. The summed E-state index contributed by atoms with van der Waals surface area (Å²) >= 11 is 0. The summed E-state index contributed by atoms with van der Waals surface area (Å²) in [6.45, 7) is 1.80. The predicted molar refractivity (Wildman–Crippen MR) is 90.3 cm³/mol. The number of alkyl halides is 3. The van der Waals surface area contributed by atoms with E-state index in [0.717, 1.165) is 31.0 Å². The van der Waals surface area contributed by atoms with Crippen molar-refractivity contribution in [1.82, 2.24) is 0 Å². The molecule has 0 bridgehead atoms. The standard InChI is InChI=1S/C20H19F3O3/c1-19(11-5-6-12-19)26-17-13-14(9-10-16(17)20(21,22)23)18(24)25-15-7-3-2-4-8-15/h2-4,7-10,13H,5-6,11-12H2,1H3. The number of carbonyl (C=O) groups is 1. The lowest BCUT2D eigenvalue weighted by atomic mass is 10.0. The lowest BCUT2D eigenvalue weighted by Gasteiger charge is -2.27. The summed E-state index contributed by atoms with van der Waals surface area (Å²) in [5.41, 5.74) is -1.53. The van der Waals surface area contributed by atoms with E-state index in [-0.39, 0.29) is 11.3 Å². The molecule has 6 heteroatoms. The molecule has 26 heavy (non-hydrogen) atoms. The van der Waals surface area contributed by atoms with E-state index in [1.807, 2.05) is 0 Å². The van der Waals surface area contributed by atoms with E-state index in [1.165, 1.54) is 0 Å². The predicted octanol–water partition coefficient (Wildman–Crippen LogP) is 5.64. The summed E-state index contributed by atoms with van der Waals surface area (Å²) in [7, 11) is 0. The van der Waals surface area contributed by atoms with E-state index in [9.17, 15) is 18.0 Å². The Bertz CT molecular complexity index is 779. The third kappa shape index (κ3) is 4.18. The molecule has 1 aliphatic carbocycles. The summed E-state index contributed by atoms with van der Waals surface area (Å²) in [4.78, 5) is 12.3. The fraction of sp³-hybridized carbons (Fsp3) is 0.350. The Morgan fingerprint density at radius 2 is 1.69 bits per heavy atom. The Hall–Kier alpha value is -2.50. The van der Waals surface area contributed by atoms with Crippen LogP contribution in [-0.2, 0) is 6.18 Å². The molecular weight excluding hydrogens is 345 g/mol. The molecule has 0 atom stereocenters. The van der Waals surface area contributed by atoms with Crippen molar-refractivity contribution in [2.24, 2.45) is 0 Å². The van der Waals surface area contributed by atoms with Crippen LogP contribution in [0.4, 0.5) is 13.2 Å². The van der Waals surface area contributed by atoms with Crippen LogP contribution in [0.3, 0.4) is 0 Å². The van der Waals surface area contributed by atoms with Gasteiger partial charge >= 0.3 is 12.1 Å². The molecule has 2 aromatic rings. The summed E-state index contributed by atoms with van der Waals surface area (Å²) in [5.74, 6) is -0.738. The molecule has 0 aliphatic heterocycles. The minimum atomic E-state index is -4.56. The second-order valence-electron chi connectivity index (χ2n) is 6.67. The maximum Gasteiger partial charge on any atom is 0.419 e. The van der Waals surface area contributed by atoms with E-state index in [2.05, 4.69) is 0 Å². The highest BCUT2D eigenvalue weighted by Crippen LogP contribution is 2.41. The molecule has 0 saturated heterocycles. The number of halogens is 3. The van der Waals surface area contributed by atoms with Crippen molar-refractivity contribution in [1.29, 1.82) is 0 Å². The second-order valence-corrected chi connectivity index (χ2v) is 6.67. The minimum Gasteiger partial charge on any atom is -0.487 e. The zero-order chi connectivity index (χ0) is 18.8.